The number of fused-ring (bicyclic) bond motifs is 1. The Hall–Kier alpha value is -2.21. The fraction of sp³-hybridized carbons (Fsp3) is 0.400. The van der Waals surface area contributed by atoms with Crippen LogP contribution in [0, 0.1) is 0 Å². The van der Waals surface area contributed by atoms with Crippen LogP contribution in [0.2, 0.25) is 5.04 Å². The van der Waals surface area contributed by atoms with E-state index >= 15 is 0 Å². The average molecular weight is 421 g/mol. The zero-order valence-electron chi connectivity index (χ0n) is 18.4. The molecule has 1 aliphatic rings. The van der Waals surface area contributed by atoms with Gasteiger partial charge in [0.15, 0.2) is 0 Å². The van der Waals surface area contributed by atoms with Crippen LogP contribution in [-0.2, 0) is 11.5 Å². The molecule has 0 saturated heterocycles. The maximum atomic E-state index is 9.91. The number of aryl methyl sites for hydroxylation is 1. The number of nitrogens with zero attached hydrogens (tertiary/aromatic N) is 2. The van der Waals surface area contributed by atoms with E-state index in [0.717, 1.165) is 12.1 Å². The molecule has 1 aromatic heterocycles. The minimum atomic E-state index is -2.55. The second kappa shape index (κ2) is 8.14. The lowest BCUT2D eigenvalue weighted by Crippen LogP contribution is -2.66. The molecule has 0 aliphatic heterocycles. The largest absolute Gasteiger partial charge is 0.407 e. The van der Waals surface area contributed by atoms with Crippen LogP contribution < -0.4 is 10.4 Å². The third kappa shape index (κ3) is 3.45. The monoisotopic (exact) mass is 420 g/mol. The Morgan fingerprint density at radius 1 is 1.00 bits per heavy atom. The first kappa shape index (κ1) is 21.0. The molecule has 1 aliphatic carbocycles. The van der Waals surface area contributed by atoms with Gasteiger partial charge in [-0.2, -0.15) is 5.10 Å². The highest BCUT2D eigenvalue weighted by atomic mass is 28.4. The molecule has 30 heavy (non-hydrogen) atoms. The van der Waals surface area contributed by atoms with Crippen LogP contribution >= 0.6 is 0 Å². The lowest BCUT2D eigenvalue weighted by atomic mass is 10.0. The van der Waals surface area contributed by atoms with Crippen molar-refractivity contribution in [3.8, 4) is 0 Å². The quantitative estimate of drug-likeness (QED) is 0.620. The third-order valence-corrected chi connectivity index (χ3v) is 11.6. The van der Waals surface area contributed by atoms with Crippen LogP contribution in [0.3, 0.4) is 0 Å². The molecule has 0 spiro atoms. The number of benzene rings is 2. The molecule has 2 atom stereocenters. The summed E-state index contributed by atoms with van der Waals surface area (Å²) in [5.41, 5.74) is 2.39. The summed E-state index contributed by atoms with van der Waals surface area (Å²) in [5, 5.41) is 16.9. The van der Waals surface area contributed by atoms with Gasteiger partial charge in [0.2, 0.25) is 0 Å². The van der Waals surface area contributed by atoms with Gasteiger partial charge in [-0.25, -0.2) is 0 Å². The van der Waals surface area contributed by atoms with E-state index in [0.29, 0.717) is 6.61 Å². The molecule has 158 valence electrons. The van der Waals surface area contributed by atoms with E-state index in [1.54, 1.807) is 0 Å². The molecule has 0 saturated carbocycles. The minimum Gasteiger partial charge on any atom is -0.407 e. The van der Waals surface area contributed by atoms with Crippen molar-refractivity contribution in [2.45, 2.75) is 44.1 Å². The highest BCUT2D eigenvalue weighted by Gasteiger charge is 2.50. The predicted molar refractivity (Wildman–Crippen MR) is 124 cm³/mol. The predicted octanol–water partition coefficient (Wildman–Crippen LogP) is 3.56. The molecule has 0 unspecified atom stereocenters. The Balaban J connectivity index is 1.75. The van der Waals surface area contributed by atoms with Gasteiger partial charge in [-0.3, -0.25) is 4.68 Å². The van der Waals surface area contributed by atoms with Crippen LogP contribution in [-0.4, -0.2) is 36.4 Å². The number of hydrogen-bond acceptors (Lipinski definition) is 3. The number of rotatable bonds is 6. The van der Waals surface area contributed by atoms with Crippen molar-refractivity contribution in [3.63, 3.8) is 0 Å². The average Bonchev–Trinajstić information content (AvgIpc) is 3.30. The van der Waals surface area contributed by atoms with E-state index in [2.05, 4.69) is 86.5 Å². The van der Waals surface area contributed by atoms with E-state index in [1.165, 1.54) is 15.9 Å². The molecule has 4 nitrogen and oxygen atoms in total. The molecule has 0 radical (unpaired) electrons. The number of aliphatic hydroxyl groups excluding tert-OH is 1. The minimum absolute atomic E-state index is 0.0392. The summed E-state index contributed by atoms with van der Waals surface area (Å²) in [7, 11) is -0.588. The van der Waals surface area contributed by atoms with Gasteiger partial charge in [-0.1, -0.05) is 81.4 Å². The summed E-state index contributed by atoms with van der Waals surface area (Å²) >= 11 is 0. The molecule has 5 heteroatoms. The third-order valence-electron chi connectivity index (χ3n) is 6.55. The lowest BCUT2D eigenvalue weighted by molar-refractivity contribution is 0.234. The normalized spacial score (nSPS) is 19.1. The summed E-state index contributed by atoms with van der Waals surface area (Å²) < 4.78 is 9.05. The van der Waals surface area contributed by atoms with E-state index in [-0.39, 0.29) is 23.5 Å². The van der Waals surface area contributed by atoms with Gasteiger partial charge in [0.25, 0.3) is 8.32 Å². The fourth-order valence-electron chi connectivity index (χ4n) is 5.17. The fourth-order valence-corrected chi connectivity index (χ4v) is 9.77. The molecule has 1 N–H and O–H groups in total. The Bertz CT molecular complexity index is 940. The number of aromatic nitrogens is 2. The van der Waals surface area contributed by atoms with E-state index in [9.17, 15) is 5.11 Å². The first-order valence-electron chi connectivity index (χ1n) is 10.8. The van der Waals surface area contributed by atoms with E-state index in [1.807, 2.05) is 17.9 Å². The summed E-state index contributed by atoms with van der Waals surface area (Å²) in [5.74, 6) is 0.396. The second-order valence-corrected chi connectivity index (χ2v) is 13.7. The molecular weight excluding hydrogens is 388 g/mol. The van der Waals surface area contributed by atoms with Crippen molar-refractivity contribution in [3.05, 3.63) is 78.1 Å². The summed E-state index contributed by atoms with van der Waals surface area (Å²) in [4.78, 5) is 0. The molecule has 2 aromatic carbocycles. The number of hydrogen-bond donors (Lipinski definition) is 1. The molecule has 4 rings (SSSR count). The first-order chi connectivity index (χ1) is 14.4. The number of aliphatic hydroxyl groups is 1. The zero-order chi connectivity index (χ0) is 21.4. The van der Waals surface area contributed by atoms with Crippen molar-refractivity contribution in [1.29, 1.82) is 0 Å². The lowest BCUT2D eigenvalue weighted by Gasteiger charge is -2.43. The van der Waals surface area contributed by atoms with E-state index < -0.39 is 8.32 Å². The topological polar surface area (TPSA) is 47.3 Å². The van der Waals surface area contributed by atoms with Gasteiger partial charge in [-0.05, 0) is 27.4 Å². The highest BCUT2D eigenvalue weighted by Crippen LogP contribution is 2.43. The highest BCUT2D eigenvalue weighted by molar-refractivity contribution is 6.99. The SMILES string of the molecule is Cn1ncc2c1[C@@H](CO)C[C@H]2CO[Si](c1ccccc1)(c1ccccc1)C(C)(C)C. The summed E-state index contributed by atoms with van der Waals surface area (Å²) in [6, 6.07) is 21.5. The van der Waals surface area contributed by atoms with Crippen molar-refractivity contribution in [2.75, 3.05) is 13.2 Å². The summed E-state index contributed by atoms with van der Waals surface area (Å²) in [6.07, 6.45) is 2.88. The van der Waals surface area contributed by atoms with Crippen LogP contribution in [0.1, 0.15) is 50.3 Å². The van der Waals surface area contributed by atoms with Crippen molar-refractivity contribution < 1.29 is 9.53 Å². The molecule has 1 heterocycles. The molecule has 0 fully saturated rings. The molecule has 0 bridgehead atoms. The molecular formula is C25H32N2O2Si. The van der Waals surface area contributed by atoms with Gasteiger partial charge in [0, 0.05) is 31.2 Å². The summed E-state index contributed by atoms with van der Waals surface area (Å²) in [6.45, 7) is 7.71. The maximum absolute atomic E-state index is 9.91. The van der Waals surface area contributed by atoms with Crippen molar-refractivity contribution in [2.24, 2.45) is 7.05 Å². The first-order valence-corrected chi connectivity index (χ1v) is 12.7. The van der Waals surface area contributed by atoms with Gasteiger partial charge >= 0.3 is 0 Å². The zero-order valence-corrected chi connectivity index (χ0v) is 19.4. The van der Waals surface area contributed by atoms with Crippen LogP contribution in [0.25, 0.3) is 0 Å². The van der Waals surface area contributed by atoms with Crippen LogP contribution in [0.4, 0.5) is 0 Å². The molecule has 0 amide bonds. The Labute approximate surface area is 180 Å². The Morgan fingerprint density at radius 3 is 2.07 bits per heavy atom. The smallest absolute Gasteiger partial charge is 0.261 e. The van der Waals surface area contributed by atoms with Gasteiger partial charge in [0.1, 0.15) is 0 Å². The standard InChI is InChI=1S/C25H32N2O2Si/c1-25(2,3)30(21-11-7-5-8-12-21,22-13-9-6-10-14-22)29-18-20-15-19(17-28)24-23(20)16-26-27(24)4/h5-14,16,19-20,28H,15,17-18H2,1-4H3/t19-,20+/m1/s1. The Morgan fingerprint density at radius 2 is 1.57 bits per heavy atom. The van der Waals surface area contributed by atoms with Crippen molar-refractivity contribution >= 4 is 18.7 Å². The Kier molecular flexibility index (Phi) is 5.71. The second-order valence-electron chi connectivity index (χ2n) is 9.40. The van der Waals surface area contributed by atoms with Crippen LogP contribution in [0.15, 0.2) is 66.9 Å². The molecule has 3 aromatic rings. The van der Waals surface area contributed by atoms with Gasteiger partial charge in [0.05, 0.1) is 12.8 Å². The van der Waals surface area contributed by atoms with Gasteiger partial charge in [-0.15, -0.1) is 0 Å². The van der Waals surface area contributed by atoms with Crippen LogP contribution in [0.5, 0.6) is 0 Å². The van der Waals surface area contributed by atoms with Gasteiger partial charge < -0.3 is 9.53 Å². The van der Waals surface area contributed by atoms with Crippen molar-refractivity contribution in [1.82, 2.24) is 9.78 Å². The van der Waals surface area contributed by atoms with E-state index in [4.69, 9.17) is 4.43 Å². The maximum Gasteiger partial charge on any atom is 0.261 e.